The van der Waals surface area contributed by atoms with Gasteiger partial charge in [0.25, 0.3) is 0 Å². The lowest BCUT2D eigenvalue weighted by Crippen LogP contribution is -2.38. The van der Waals surface area contributed by atoms with Gasteiger partial charge in [0.05, 0.1) is 6.04 Å². The summed E-state index contributed by atoms with van der Waals surface area (Å²) in [4.78, 5) is 23.9. The molecule has 1 rings (SSSR count). The lowest BCUT2D eigenvalue weighted by atomic mass is 10.1. The molecule has 5 nitrogen and oxygen atoms in total. The van der Waals surface area contributed by atoms with Crippen molar-refractivity contribution in [3.63, 3.8) is 0 Å². The molecular weight excluding hydrogens is 323 g/mol. The van der Waals surface area contributed by atoms with Crippen LogP contribution in [0.2, 0.25) is 0 Å². The first-order valence-corrected chi connectivity index (χ1v) is 8.44. The summed E-state index contributed by atoms with van der Waals surface area (Å²) in [6, 6.07) is 5.21. The Labute approximate surface area is 148 Å². The molecule has 138 valence electrons. The summed E-state index contributed by atoms with van der Waals surface area (Å²) in [5.41, 5.74) is -0.0791. The van der Waals surface area contributed by atoms with Gasteiger partial charge in [-0.1, -0.05) is 25.8 Å². The first-order valence-electron chi connectivity index (χ1n) is 8.44. The topological polar surface area (TPSA) is 67.4 Å². The Kier molecular flexibility index (Phi) is 8.11. The van der Waals surface area contributed by atoms with Gasteiger partial charge in [-0.3, -0.25) is 4.79 Å². The number of alkyl carbamates (subject to hydrolysis) is 1. The van der Waals surface area contributed by atoms with Crippen LogP contribution in [0.3, 0.4) is 0 Å². The predicted molar refractivity (Wildman–Crippen MR) is 96.9 cm³/mol. The van der Waals surface area contributed by atoms with Gasteiger partial charge in [-0.2, -0.15) is 0 Å². The Morgan fingerprint density at radius 3 is 2.44 bits per heavy atom. The molecule has 0 aliphatic heterocycles. The normalized spacial score (nSPS) is 12.7. The van der Waals surface area contributed by atoms with Crippen molar-refractivity contribution >= 4 is 17.7 Å². The molecule has 0 saturated heterocycles. The number of anilines is 1. The number of rotatable bonds is 7. The average molecular weight is 350 g/mol. The number of carbonyl (C=O) groups is 2. The second-order valence-corrected chi connectivity index (χ2v) is 6.75. The lowest BCUT2D eigenvalue weighted by Gasteiger charge is -2.22. The summed E-state index contributed by atoms with van der Waals surface area (Å²) in [5.74, 6) is -0.714. The van der Waals surface area contributed by atoms with Crippen molar-refractivity contribution < 1.29 is 18.7 Å². The van der Waals surface area contributed by atoms with E-state index in [2.05, 4.69) is 17.6 Å². The Bertz CT molecular complexity index is 592. The minimum atomic E-state index is -0.580. The van der Waals surface area contributed by atoms with Gasteiger partial charge >= 0.3 is 6.09 Å². The Morgan fingerprint density at radius 2 is 1.88 bits per heavy atom. The highest BCUT2D eigenvalue weighted by molar-refractivity contribution is 5.99. The maximum absolute atomic E-state index is 12.9. The van der Waals surface area contributed by atoms with Crippen LogP contribution in [-0.4, -0.2) is 23.6 Å². The zero-order valence-corrected chi connectivity index (χ0v) is 15.3. The van der Waals surface area contributed by atoms with E-state index in [1.54, 1.807) is 26.8 Å². The van der Waals surface area contributed by atoms with Crippen LogP contribution in [0, 0.1) is 5.82 Å². The summed E-state index contributed by atoms with van der Waals surface area (Å²) >= 11 is 0. The highest BCUT2D eigenvalue weighted by atomic mass is 19.1. The molecule has 2 N–H and O–H groups in total. The fourth-order valence-electron chi connectivity index (χ4n) is 2.02. The van der Waals surface area contributed by atoms with E-state index in [0.717, 1.165) is 12.8 Å². The third-order valence-corrected chi connectivity index (χ3v) is 3.16. The fraction of sp³-hybridized carbons (Fsp3) is 0.474. The molecule has 1 aromatic rings. The van der Waals surface area contributed by atoms with Gasteiger partial charge < -0.3 is 15.4 Å². The zero-order chi connectivity index (χ0) is 18.9. The Hall–Kier alpha value is -2.37. The SMILES string of the molecule is CCCCC(C=CC(=O)Nc1ccc(F)cc1)NC(=O)OC(C)(C)C. The number of benzene rings is 1. The second kappa shape index (κ2) is 9.81. The number of nitrogens with one attached hydrogen (secondary N) is 2. The monoisotopic (exact) mass is 350 g/mol. The fourth-order valence-corrected chi connectivity index (χ4v) is 2.02. The molecule has 6 heteroatoms. The van der Waals surface area contributed by atoms with E-state index in [1.165, 1.54) is 30.3 Å². The number of ether oxygens (including phenoxy) is 1. The number of amides is 2. The maximum Gasteiger partial charge on any atom is 0.408 e. The molecule has 1 atom stereocenters. The number of halogens is 1. The number of unbranched alkanes of at least 4 members (excludes halogenated alkanes) is 1. The van der Waals surface area contributed by atoms with Crippen LogP contribution in [0.4, 0.5) is 14.9 Å². The van der Waals surface area contributed by atoms with Crippen LogP contribution < -0.4 is 10.6 Å². The lowest BCUT2D eigenvalue weighted by molar-refractivity contribution is -0.111. The van der Waals surface area contributed by atoms with E-state index < -0.39 is 11.7 Å². The largest absolute Gasteiger partial charge is 0.444 e. The highest BCUT2D eigenvalue weighted by Gasteiger charge is 2.18. The van der Waals surface area contributed by atoms with Crippen molar-refractivity contribution in [2.45, 2.75) is 58.6 Å². The van der Waals surface area contributed by atoms with Gasteiger partial charge in [-0.05, 0) is 51.5 Å². The van der Waals surface area contributed by atoms with E-state index in [-0.39, 0.29) is 17.8 Å². The van der Waals surface area contributed by atoms with Crippen molar-refractivity contribution in [1.29, 1.82) is 0 Å². The summed E-state index contributed by atoms with van der Waals surface area (Å²) in [6.07, 6.45) is 5.07. The molecule has 0 bridgehead atoms. The third kappa shape index (κ3) is 9.49. The van der Waals surface area contributed by atoms with E-state index in [4.69, 9.17) is 4.74 Å². The van der Waals surface area contributed by atoms with Gasteiger partial charge in [-0.15, -0.1) is 0 Å². The molecule has 1 aromatic carbocycles. The molecule has 0 spiro atoms. The quantitative estimate of drug-likeness (QED) is 0.716. The van der Waals surface area contributed by atoms with E-state index in [9.17, 15) is 14.0 Å². The third-order valence-electron chi connectivity index (χ3n) is 3.16. The Balaban J connectivity index is 2.62. The first-order chi connectivity index (χ1) is 11.7. The Morgan fingerprint density at radius 1 is 1.24 bits per heavy atom. The van der Waals surface area contributed by atoms with Crippen molar-refractivity contribution in [2.24, 2.45) is 0 Å². The predicted octanol–water partition coefficient (Wildman–Crippen LogP) is 4.40. The minimum Gasteiger partial charge on any atom is -0.444 e. The van der Waals surface area contributed by atoms with Crippen LogP contribution in [0.15, 0.2) is 36.4 Å². The summed E-state index contributed by atoms with van der Waals surface area (Å²) in [7, 11) is 0. The van der Waals surface area contributed by atoms with Crippen molar-refractivity contribution in [3.8, 4) is 0 Å². The molecule has 0 radical (unpaired) electrons. The zero-order valence-electron chi connectivity index (χ0n) is 15.3. The van der Waals surface area contributed by atoms with Crippen LogP contribution in [0.1, 0.15) is 47.0 Å². The molecule has 0 saturated carbocycles. The molecule has 1 unspecified atom stereocenters. The minimum absolute atomic E-state index is 0.297. The van der Waals surface area contributed by atoms with Gasteiger partial charge in [0.15, 0.2) is 0 Å². The first kappa shape index (κ1) is 20.7. The van der Waals surface area contributed by atoms with Gasteiger partial charge in [0.2, 0.25) is 5.91 Å². The van der Waals surface area contributed by atoms with E-state index >= 15 is 0 Å². The van der Waals surface area contributed by atoms with Crippen molar-refractivity contribution in [2.75, 3.05) is 5.32 Å². The summed E-state index contributed by atoms with van der Waals surface area (Å²) < 4.78 is 18.1. The van der Waals surface area contributed by atoms with Crippen LogP contribution in [0.5, 0.6) is 0 Å². The highest BCUT2D eigenvalue weighted by Crippen LogP contribution is 2.10. The number of hydrogen-bond acceptors (Lipinski definition) is 3. The van der Waals surface area contributed by atoms with Gasteiger partial charge in [0.1, 0.15) is 11.4 Å². The number of carbonyl (C=O) groups excluding carboxylic acids is 2. The summed E-state index contributed by atoms with van der Waals surface area (Å²) in [5, 5.41) is 5.39. The van der Waals surface area contributed by atoms with E-state index in [1.807, 2.05) is 0 Å². The van der Waals surface area contributed by atoms with Crippen molar-refractivity contribution in [3.05, 3.63) is 42.2 Å². The standard InChI is InChI=1S/C19H27FN2O3/c1-5-6-7-15(22-18(24)25-19(2,3)4)12-13-17(23)21-16-10-8-14(20)9-11-16/h8-13,15H,5-7H2,1-4H3,(H,21,23)(H,22,24). The molecule has 0 aliphatic carbocycles. The second-order valence-electron chi connectivity index (χ2n) is 6.75. The molecule has 0 fully saturated rings. The summed E-state index contributed by atoms with van der Waals surface area (Å²) in [6.45, 7) is 7.42. The van der Waals surface area contributed by atoms with Crippen LogP contribution in [-0.2, 0) is 9.53 Å². The van der Waals surface area contributed by atoms with Gasteiger partial charge in [0, 0.05) is 11.8 Å². The van der Waals surface area contributed by atoms with Crippen LogP contribution in [0.25, 0.3) is 0 Å². The van der Waals surface area contributed by atoms with Crippen molar-refractivity contribution in [1.82, 2.24) is 5.32 Å². The molecule has 0 aromatic heterocycles. The smallest absolute Gasteiger partial charge is 0.408 e. The number of hydrogen-bond donors (Lipinski definition) is 2. The maximum atomic E-state index is 12.9. The molecule has 0 aliphatic rings. The van der Waals surface area contributed by atoms with E-state index in [0.29, 0.717) is 12.1 Å². The van der Waals surface area contributed by atoms with Gasteiger partial charge in [-0.25, -0.2) is 9.18 Å². The average Bonchev–Trinajstić information content (AvgIpc) is 2.50. The molecule has 25 heavy (non-hydrogen) atoms. The molecule has 0 heterocycles. The van der Waals surface area contributed by atoms with Crippen LogP contribution >= 0.6 is 0 Å². The molecular formula is C19H27FN2O3. The molecule has 2 amide bonds.